The zero-order valence-electron chi connectivity index (χ0n) is 10.5. The molecule has 1 rings (SSSR count). The maximum Gasteiger partial charge on any atom is 0.416 e. The van der Waals surface area contributed by atoms with Crippen molar-refractivity contribution in [2.45, 2.75) is 37.4 Å². The fourth-order valence-electron chi connectivity index (χ4n) is 1.34. The van der Waals surface area contributed by atoms with Gasteiger partial charge in [0.05, 0.1) is 10.6 Å². The van der Waals surface area contributed by atoms with Crippen LogP contribution in [0.2, 0.25) is 5.02 Å². The molecule has 0 amide bonds. The summed E-state index contributed by atoms with van der Waals surface area (Å²) in [6.07, 6.45) is -4.63. The zero-order valence-corrected chi connectivity index (χ0v) is 12.0. The Labute approximate surface area is 114 Å². The highest BCUT2D eigenvalue weighted by Gasteiger charge is 2.33. The molecule has 0 radical (unpaired) electrons. The molecule has 0 aliphatic carbocycles. The van der Waals surface area contributed by atoms with Crippen molar-refractivity contribution in [1.29, 1.82) is 0 Å². The number of hydrogen-bond donors (Lipinski definition) is 1. The summed E-state index contributed by atoms with van der Waals surface area (Å²) in [6, 6.07) is 2.18. The third-order valence-electron chi connectivity index (χ3n) is 1.99. The second-order valence-corrected chi connectivity index (χ2v) is 7.06. The summed E-state index contributed by atoms with van der Waals surface area (Å²) in [5.41, 5.74) is -1.89. The van der Waals surface area contributed by atoms with E-state index in [9.17, 15) is 21.6 Å². The second kappa shape index (κ2) is 4.96. The predicted molar refractivity (Wildman–Crippen MR) is 66.5 cm³/mol. The third-order valence-corrected chi connectivity index (χ3v) is 4.23. The van der Waals surface area contributed by atoms with Gasteiger partial charge in [-0.25, -0.2) is 13.1 Å². The summed E-state index contributed by atoms with van der Waals surface area (Å²) in [4.78, 5) is -0.584. The minimum atomic E-state index is -4.63. The lowest BCUT2D eigenvalue weighted by molar-refractivity contribution is -0.137. The van der Waals surface area contributed by atoms with Crippen LogP contribution >= 0.6 is 11.6 Å². The lowest BCUT2D eigenvalue weighted by Crippen LogP contribution is -2.40. The first-order valence-electron chi connectivity index (χ1n) is 5.24. The van der Waals surface area contributed by atoms with Crippen LogP contribution in [0.1, 0.15) is 26.3 Å². The molecule has 0 aromatic heterocycles. The van der Waals surface area contributed by atoms with Crippen molar-refractivity contribution < 1.29 is 21.6 Å². The summed E-state index contributed by atoms with van der Waals surface area (Å²) >= 11 is 5.67. The lowest BCUT2D eigenvalue weighted by Gasteiger charge is -2.21. The highest BCUT2D eigenvalue weighted by molar-refractivity contribution is 7.89. The fourth-order valence-corrected chi connectivity index (χ4v) is 3.29. The van der Waals surface area contributed by atoms with E-state index in [-0.39, 0.29) is 5.02 Å². The van der Waals surface area contributed by atoms with Gasteiger partial charge in [-0.05, 0) is 39.0 Å². The van der Waals surface area contributed by atoms with E-state index in [1.807, 2.05) is 0 Å². The summed E-state index contributed by atoms with van der Waals surface area (Å²) in [5, 5.41) is -0.259. The van der Waals surface area contributed by atoms with Crippen molar-refractivity contribution in [3.8, 4) is 0 Å². The van der Waals surface area contributed by atoms with Crippen LogP contribution in [0.4, 0.5) is 13.2 Å². The van der Waals surface area contributed by atoms with Crippen molar-refractivity contribution in [1.82, 2.24) is 4.72 Å². The average Bonchev–Trinajstić information content (AvgIpc) is 2.11. The van der Waals surface area contributed by atoms with E-state index in [2.05, 4.69) is 4.72 Å². The van der Waals surface area contributed by atoms with Gasteiger partial charge < -0.3 is 0 Å². The Hall–Kier alpha value is -0.790. The smallest absolute Gasteiger partial charge is 0.207 e. The molecule has 0 heterocycles. The normalized spacial score (nSPS) is 13.6. The van der Waals surface area contributed by atoms with Crippen molar-refractivity contribution in [2.24, 2.45) is 0 Å². The molecule has 3 nitrogen and oxygen atoms in total. The Balaban J connectivity index is 3.35. The maximum atomic E-state index is 12.6. The van der Waals surface area contributed by atoms with Crippen molar-refractivity contribution in [3.63, 3.8) is 0 Å². The van der Waals surface area contributed by atoms with Crippen LogP contribution < -0.4 is 4.72 Å². The van der Waals surface area contributed by atoms with E-state index in [1.165, 1.54) is 0 Å². The largest absolute Gasteiger partial charge is 0.416 e. The number of rotatable bonds is 2. The number of alkyl halides is 3. The van der Waals surface area contributed by atoms with Gasteiger partial charge in [-0.15, -0.1) is 0 Å². The van der Waals surface area contributed by atoms with E-state index in [1.54, 1.807) is 20.8 Å². The van der Waals surface area contributed by atoms with E-state index in [4.69, 9.17) is 11.6 Å². The van der Waals surface area contributed by atoms with Gasteiger partial charge in [0, 0.05) is 5.54 Å². The molecule has 1 N–H and O–H groups in total. The Morgan fingerprint density at radius 3 is 2.11 bits per heavy atom. The fraction of sp³-hybridized carbons (Fsp3) is 0.455. The molecular weight excluding hydrogens is 303 g/mol. The molecule has 0 saturated heterocycles. The van der Waals surface area contributed by atoms with Gasteiger partial charge in [0.25, 0.3) is 0 Å². The van der Waals surface area contributed by atoms with Gasteiger partial charge >= 0.3 is 6.18 Å². The van der Waals surface area contributed by atoms with E-state index in [0.717, 1.165) is 12.1 Å². The van der Waals surface area contributed by atoms with Crippen LogP contribution in [0.3, 0.4) is 0 Å². The second-order valence-electron chi connectivity index (χ2n) is 5.00. The van der Waals surface area contributed by atoms with Crippen LogP contribution in [0.15, 0.2) is 23.1 Å². The summed E-state index contributed by atoms with van der Waals surface area (Å²) < 4.78 is 63.9. The molecule has 0 aliphatic heterocycles. The van der Waals surface area contributed by atoms with Crippen LogP contribution in [0.5, 0.6) is 0 Å². The molecule has 8 heteroatoms. The van der Waals surface area contributed by atoms with Gasteiger partial charge in [-0.1, -0.05) is 11.6 Å². The van der Waals surface area contributed by atoms with Crippen molar-refractivity contribution >= 4 is 21.6 Å². The van der Waals surface area contributed by atoms with Gasteiger partial charge in [0.2, 0.25) is 10.0 Å². The number of sulfonamides is 1. The molecule has 19 heavy (non-hydrogen) atoms. The van der Waals surface area contributed by atoms with E-state index >= 15 is 0 Å². The summed E-state index contributed by atoms with van der Waals surface area (Å²) in [7, 11) is -4.11. The minimum Gasteiger partial charge on any atom is -0.207 e. The lowest BCUT2D eigenvalue weighted by atomic mass is 10.1. The van der Waals surface area contributed by atoms with E-state index in [0.29, 0.717) is 6.07 Å². The van der Waals surface area contributed by atoms with Gasteiger partial charge in [0.15, 0.2) is 0 Å². The topological polar surface area (TPSA) is 46.2 Å². The quantitative estimate of drug-likeness (QED) is 0.908. The first-order valence-corrected chi connectivity index (χ1v) is 7.10. The van der Waals surface area contributed by atoms with Crippen LogP contribution in [0.25, 0.3) is 0 Å². The Kier molecular flexibility index (Phi) is 4.24. The first kappa shape index (κ1) is 16.3. The molecule has 108 valence electrons. The molecule has 0 spiro atoms. The number of halogens is 4. The predicted octanol–water partition coefficient (Wildman–Crippen LogP) is 3.44. The molecule has 0 saturated carbocycles. The Morgan fingerprint density at radius 1 is 1.16 bits per heavy atom. The SMILES string of the molecule is CC(C)(C)NS(=O)(=O)c1cc(C(F)(F)F)ccc1Cl. The zero-order chi connectivity index (χ0) is 15.1. The third kappa shape index (κ3) is 4.36. The Morgan fingerprint density at radius 2 is 1.68 bits per heavy atom. The average molecular weight is 316 g/mol. The van der Waals surface area contributed by atoms with Gasteiger partial charge in [-0.2, -0.15) is 13.2 Å². The summed E-state index contributed by atoms with van der Waals surface area (Å²) in [6.45, 7) is 4.73. The van der Waals surface area contributed by atoms with Crippen LogP contribution in [-0.2, 0) is 16.2 Å². The monoisotopic (exact) mass is 315 g/mol. The van der Waals surface area contributed by atoms with Gasteiger partial charge in [0.1, 0.15) is 4.90 Å². The molecule has 0 aliphatic rings. The summed E-state index contributed by atoms with van der Waals surface area (Å²) in [5.74, 6) is 0. The van der Waals surface area contributed by atoms with Crippen LogP contribution in [0, 0.1) is 0 Å². The van der Waals surface area contributed by atoms with Crippen molar-refractivity contribution in [2.75, 3.05) is 0 Å². The minimum absolute atomic E-state index is 0.259. The highest BCUT2D eigenvalue weighted by atomic mass is 35.5. The maximum absolute atomic E-state index is 12.6. The number of hydrogen-bond acceptors (Lipinski definition) is 2. The van der Waals surface area contributed by atoms with E-state index < -0.39 is 32.2 Å². The van der Waals surface area contributed by atoms with Crippen LogP contribution in [-0.4, -0.2) is 14.0 Å². The molecule has 0 atom stereocenters. The number of nitrogens with one attached hydrogen (secondary N) is 1. The number of benzene rings is 1. The molecule has 0 fully saturated rings. The van der Waals surface area contributed by atoms with Crippen molar-refractivity contribution in [3.05, 3.63) is 28.8 Å². The molecule has 1 aromatic carbocycles. The molecule has 0 unspecified atom stereocenters. The molecule has 0 bridgehead atoms. The first-order chi connectivity index (χ1) is 8.33. The molecular formula is C11H13ClF3NO2S. The van der Waals surface area contributed by atoms with Gasteiger partial charge in [-0.3, -0.25) is 0 Å². The standard InChI is InChI=1S/C11H13ClF3NO2S/c1-10(2,3)16-19(17,18)9-6-7(11(13,14)15)4-5-8(9)12/h4-6,16H,1-3H3. The Bertz CT molecular complexity index is 577. The highest BCUT2D eigenvalue weighted by Crippen LogP contribution is 2.33. The molecule has 1 aromatic rings.